The van der Waals surface area contributed by atoms with E-state index in [1.54, 1.807) is 0 Å². The SMILES string of the molecule is CCCCc1ccc(CC(=O)N(C2CC2)C(C)C2CC2)cc1. The second-order valence-corrected chi connectivity index (χ2v) is 7.21. The summed E-state index contributed by atoms with van der Waals surface area (Å²) in [5.41, 5.74) is 2.56. The third kappa shape index (κ3) is 3.91. The van der Waals surface area contributed by atoms with E-state index in [4.69, 9.17) is 0 Å². The van der Waals surface area contributed by atoms with E-state index in [0.29, 0.717) is 24.4 Å². The molecule has 0 heterocycles. The molecule has 22 heavy (non-hydrogen) atoms. The van der Waals surface area contributed by atoms with Crippen molar-refractivity contribution in [3.63, 3.8) is 0 Å². The van der Waals surface area contributed by atoms with Crippen LogP contribution in [0.15, 0.2) is 24.3 Å². The van der Waals surface area contributed by atoms with Crippen molar-refractivity contribution in [1.82, 2.24) is 4.90 Å². The molecule has 1 unspecified atom stereocenters. The Balaban J connectivity index is 1.59. The number of benzene rings is 1. The van der Waals surface area contributed by atoms with Gasteiger partial charge in [0.05, 0.1) is 6.42 Å². The summed E-state index contributed by atoms with van der Waals surface area (Å²) < 4.78 is 0. The minimum absolute atomic E-state index is 0.336. The number of unbranched alkanes of at least 4 members (excludes halogenated alkanes) is 1. The third-order valence-electron chi connectivity index (χ3n) is 5.17. The maximum Gasteiger partial charge on any atom is 0.227 e. The molecule has 1 amide bonds. The van der Waals surface area contributed by atoms with Gasteiger partial charge in [0.2, 0.25) is 5.91 Å². The zero-order chi connectivity index (χ0) is 15.5. The summed E-state index contributed by atoms with van der Waals surface area (Å²) in [5, 5.41) is 0. The number of hydrogen-bond donors (Lipinski definition) is 0. The van der Waals surface area contributed by atoms with Crippen LogP contribution in [0.5, 0.6) is 0 Å². The normalized spacial score (nSPS) is 19.0. The molecule has 2 heteroatoms. The average Bonchev–Trinajstić information content (AvgIpc) is 3.39. The van der Waals surface area contributed by atoms with Crippen LogP contribution in [0.1, 0.15) is 63.5 Å². The van der Waals surface area contributed by atoms with Gasteiger partial charge in [-0.2, -0.15) is 0 Å². The Kier molecular flexibility index (Phi) is 4.85. The number of hydrogen-bond acceptors (Lipinski definition) is 1. The van der Waals surface area contributed by atoms with Crippen LogP contribution in [0.4, 0.5) is 0 Å². The minimum atomic E-state index is 0.336. The molecule has 1 atom stereocenters. The van der Waals surface area contributed by atoms with E-state index in [0.717, 1.165) is 12.3 Å². The minimum Gasteiger partial charge on any atom is -0.336 e. The number of carbonyl (C=O) groups excluding carboxylic acids is 1. The highest BCUT2D eigenvalue weighted by Gasteiger charge is 2.41. The standard InChI is InChI=1S/C20H29NO/c1-3-4-5-16-6-8-17(9-7-16)14-20(22)21(19-12-13-19)15(2)18-10-11-18/h6-9,15,18-19H,3-5,10-14H2,1-2H3. The van der Waals surface area contributed by atoms with Crippen LogP contribution < -0.4 is 0 Å². The molecule has 2 saturated carbocycles. The molecule has 0 N–H and O–H groups in total. The second kappa shape index (κ2) is 6.85. The van der Waals surface area contributed by atoms with Gasteiger partial charge in [0, 0.05) is 12.1 Å². The van der Waals surface area contributed by atoms with Gasteiger partial charge in [-0.25, -0.2) is 0 Å². The van der Waals surface area contributed by atoms with Gasteiger partial charge in [-0.15, -0.1) is 0 Å². The highest BCUT2D eigenvalue weighted by Crippen LogP contribution is 2.39. The van der Waals surface area contributed by atoms with Crippen LogP contribution in [0.3, 0.4) is 0 Å². The first kappa shape index (κ1) is 15.6. The quantitative estimate of drug-likeness (QED) is 0.698. The van der Waals surface area contributed by atoms with Gasteiger partial charge in [-0.3, -0.25) is 4.79 Å². The second-order valence-electron chi connectivity index (χ2n) is 7.21. The summed E-state index contributed by atoms with van der Waals surface area (Å²) in [6.07, 6.45) is 9.23. The van der Waals surface area contributed by atoms with Gasteiger partial charge in [-0.1, -0.05) is 37.6 Å². The molecule has 0 bridgehead atoms. The van der Waals surface area contributed by atoms with E-state index in [9.17, 15) is 4.79 Å². The van der Waals surface area contributed by atoms with Gasteiger partial charge in [0.1, 0.15) is 0 Å². The Morgan fingerprint density at radius 1 is 1.14 bits per heavy atom. The molecule has 1 aromatic rings. The van der Waals surface area contributed by atoms with Crippen LogP contribution in [-0.4, -0.2) is 22.9 Å². The Labute approximate surface area is 134 Å². The topological polar surface area (TPSA) is 20.3 Å². The summed E-state index contributed by atoms with van der Waals surface area (Å²) in [6, 6.07) is 9.68. The molecule has 0 radical (unpaired) electrons. The molecule has 0 aromatic heterocycles. The molecule has 0 aliphatic heterocycles. The Morgan fingerprint density at radius 2 is 1.77 bits per heavy atom. The van der Waals surface area contributed by atoms with Crippen molar-refractivity contribution in [2.45, 2.75) is 77.3 Å². The molecule has 2 nitrogen and oxygen atoms in total. The maximum absolute atomic E-state index is 12.8. The van der Waals surface area contributed by atoms with Crippen molar-refractivity contribution >= 4 is 5.91 Å². The molecule has 2 aliphatic rings. The number of rotatable bonds is 8. The Morgan fingerprint density at radius 3 is 2.32 bits per heavy atom. The van der Waals surface area contributed by atoms with Crippen molar-refractivity contribution in [1.29, 1.82) is 0 Å². The fraction of sp³-hybridized carbons (Fsp3) is 0.650. The van der Waals surface area contributed by atoms with E-state index < -0.39 is 0 Å². The first-order valence-corrected chi connectivity index (χ1v) is 9.08. The van der Waals surface area contributed by atoms with E-state index in [2.05, 4.69) is 43.0 Å². The van der Waals surface area contributed by atoms with Crippen LogP contribution in [0.25, 0.3) is 0 Å². The maximum atomic E-state index is 12.8. The van der Waals surface area contributed by atoms with Crippen LogP contribution in [0.2, 0.25) is 0 Å². The molecule has 0 saturated heterocycles. The van der Waals surface area contributed by atoms with Crippen LogP contribution in [0, 0.1) is 5.92 Å². The van der Waals surface area contributed by atoms with Gasteiger partial charge >= 0.3 is 0 Å². The fourth-order valence-corrected chi connectivity index (χ4v) is 3.39. The number of carbonyl (C=O) groups is 1. The zero-order valence-corrected chi connectivity index (χ0v) is 14.1. The monoisotopic (exact) mass is 299 g/mol. The van der Waals surface area contributed by atoms with Crippen LogP contribution in [-0.2, 0) is 17.6 Å². The average molecular weight is 299 g/mol. The largest absolute Gasteiger partial charge is 0.336 e. The van der Waals surface area contributed by atoms with E-state index in [-0.39, 0.29) is 0 Å². The summed E-state index contributed by atoms with van der Waals surface area (Å²) in [4.78, 5) is 15.0. The molecule has 2 fully saturated rings. The van der Waals surface area contributed by atoms with Crippen molar-refractivity contribution in [3.8, 4) is 0 Å². The highest BCUT2D eigenvalue weighted by atomic mass is 16.2. The molecule has 1 aromatic carbocycles. The molecule has 120 valence electrons. The molecule has 3 rings (SSSR count). The number of aryl methyl sites for hydroxylation is 1. The summed E-state index contributed by atoms with van der Waals surface area (Å²) in [5.74, 6) is 1.10. The number of amides is 1. The fourth-order valence-electron chi connectivity index (χ4n) is 3.39. The highest BCUT2D eigenvalue weighted by molar-refractivity contribution is 5.79. The molecular weight excluding hydrogens is 270 g/mol. The van der Waals surface area contributed by atoms with Crippen molar-refractivity contribution < 1.29 is 4.79 Å². The van der Waals surface area contributed by atoms with Gasteiger partial charge < -0.3 is 4.90 Å². The smallest absolute Gasteiger partial charge is 0.227 e. The van der Waals surface area contributed by atoms with Crippen molar-refractivity contribution in [2.24, 2.45) is 5.92 Å². The van der Waals surface area contributed by atoms with Crippen molar-refractivity contribution in [2.75, 3.05) is 0 Å². The van der Waals surface area contributed by atoms with E-state index in [1.165, 1.54) is 49.7 Å². The van der Waals surface area contributed by atoms with Crippen molar-refractivity contribution in [3.05, 3.63) is 35.4 Å². The number of nitrogens with zero attached hydrogens (tertiary/aromatic N) is 1. The molecular formula is C20H29NO. The first-order chi connectivity index (χ1) is 10.7. The summed E-state index contributed by atoms with van der Waals surface area (Å²) in [6.45, 7) is 4.47. The molecule has 0 spiro atoms. The first-order valence-electron chi connectivity index (χ1n) is 9.08. The van der Waals surface area contributed by atoms with Crippen LogP contribution >= 0.6 is 0 Å². The lowest BCUT2D eigenvalue weighted by Crippen LogP contribution is -2.42. The zero-order valence-electron chi connectivity index (χ0n) is 14.1. The Bertz CT molecular complexity index is 499. The molecule has 2 aliphatic carbocycles. The third-order valence-corrected chi connectivity index (χ3v) is 5.17. The lowest BCUT2D eigenvalue weighted by molar-refractivity contribution is -0.133. The predicted octanol–water partition coefficient (Wildman–Crippen LogP) is 4.36. The predicted molar refractivity (Wildman–Crippen MR) is 90.8 cm³/mol. The van der Waals surface area contributed by atoms with E-state index >= 15 is 0 Å². The van der Waals surface area contributed by atoms with E-state index in [1.807, 2.05) is 0 Å². The van der Waals surface area contributed by atoms with Gasteiger partial charge in [0.15, 0.2) is 0 Å². The Hall–Kier alpha value is -1.31. The van der Waals surface area contributed by atoms with Gasteiger partial charge in [-0.05, 0) is 62.5 Å². The summed E-state index contributed by atoms with van der Waals surface area (Å²) >= 11 is 0. The summed E-state index contributed by atoms with van der Waals surface area (Å²) in [7, 11) is 0. The lowest BCUT2D eigenvalue weighted by atomic mass is 10.0. The lowest BCUT2D eigenvalue weighted by Gasteiger charge is -2.29. The van der Waals surface area contributed by atoms with Gasteiger partial charge in [0.25, 0.3) is 0 Å².